The number of hydrogen-bond acceptors (Lipinski definition) is 1. The predicted octanol–water partition coefficient (Wildman–Crippen LogP) is 4.53. The second-order valence-electron chi connectivity index (χ2n) is 5.07. The van der Waals surface area contributed by atoms with Crippen LogP contribution < -0.4 is 0 Å². The smallest absolute Gasteiger partial charge is 0.0700 e. The fourth-order valence-corrected chi connectivity index (χ4v) is 2.57. The zero-order valence-electron chi connectivity index (χ0n) is 10.7. The van der Waals surface area contributed by atoms with Crippen molar-refractivity contribution in [3.05, 3.63) is 69.7 Å². The predicted molar refractivity (Wildman–Crippen MR) is 80.9 cm³/mol. The number of hydrogen-bond donors (Lipinski definition) is 1. The molecule has 0 fully saturated rings. The van der Waals surface area contributed by atoms with Crippen molar-refractivity contribution >= 4 is 23.2 Å². The van der Waals surface area contributed by atoms with Gasteiger partial charge in [0.1, 0.15) is 0 Å². The summed E-state index contributed by atoms with van der Waals surface area (Å²) in [7, 11) is 0. The molecule has 19 heavy (non-hydrogen) atoms. The van der Waals surface area contributed by atoms with Gasteiger partial charge in [0.05, 0.1) is 5.60 Å². The molecule has 0 aromatic heterocycles. The second kappa shape index (κ2) is 5.96. The molecule has 0 amide bonds. The maximum Gasteiger partial charge on any atom is 0.0700 e. The van der Waals surface area contributed by atoms with Crippen LogP contribution in [0.1, 0.15) is 18.1 Å². The molecule has 2 aromatic rings. The van der Waals surface area contributed by atoms with E-state index in [4.69, 9.17) is 23.2 Å². The lowest BCUT2D eigenvalue weighted by atomic mass is 9.90. The Labute approximate surface area is 123 Å². The van der Waals surface area contributed by atoms with Gasteiger partial charge in [-0.1, -0.05) is 53.5 Å². The standard InChI is InChI=1S/C16H16Cl2O/c1-16(19,10-12-5-3-2-4-6-12)11-13-9-14(17)7-8-15(13)18/h2-9,19H,10-11H2,1H3. The van der Waals surface area contributed by atoms with Gasteiger partial charge in [0.2, 0.25) is 0 Å². The van der Waals surface area contributed by atoms with Gasteiger partial charge in [-0.15, -0.1) is 0 Å². The van der Waals surface area contributed by atoms with Gasteiger partial charge in [0, 0.05) is 22.9 Å². The minimum Gasteiger partial charge on any atom is -0.389 e. The van der Waals surface area contributed by atoms with Crippen LogP contribution in [0.2, 0.25) is 10.0 Å². The lowest BCUT2D eigenvalue weighted by Crippen LogP contribution is -2.30. The molecule has 2 aromatic carbocycles. The molecule has 100 valence electrons. The minimum atomic E-state index is -0.852. The number of halogens is 2. The van der Waals surface area contributed by atoms with Crippen molar-refractivity contribution in [1.82, 2.24) is 0 Å². The van der Waals surface area contributed by atoms with Crippen molar-refractivity contribution in [2.45, 2.75) is 25.4 Å². The molecule has 0 aliphatic rings. The van der Waals surface area contributed by atoms with Crippen molar-refractivity contribution in [2.24, 2.45) is 0 Å². The average Bonchev–Trinajstić information content (AvgIpc) is 2.34. The normalized spacial score (nSPS) is 14.1. The first-order valence-electron chi connectivity index (χ1n) is 6.16. The highest BCUT2D eigenvalue weighted by molar-refractivity contribution is 6.33. The largest absolute Gasteiger partial charge is 0.389 e. The van der Waals surface area contributed by atoms with Crippen LogP contribution in [0.25, 0.3) is 0 Å². The van der Waals surface area contributed by atoms with Crippen molar-refractivity contribution in [3.63, 3.8) is 0 Å². The Morgan fingerprint density at radius 2 is 1.68 bits per heavy atom. The van der Waals surface area contributed by atoms with Crippen molar-refractivity contribution in [2.75, 3.05) is 0 Å². The summed E-state index contributed by atoms with van der Waals surface area (Å²) >= 11 is 12.1. The molecule has 0 spiro atoms. The summed E-state index contributed by atoms with van der Waals surface area (Å²) in [6.07, 6.45) is 1.05. The third-order valence-electron chi connectivity index (χ3n) is 3.01. The van der Waals surface area contributed by atoms with E-state index < -0.39 is 5.60 Å². The summed E-state index contributed by atoms with van der Waals surface area (Å²) in [4.78, 5) is 0. The topological polar surface area (TPSA) is 20.2 Å². The summed E-state index contributed by atoms with van der Waals surface area (Å²) in [5, 5.41) is 11.8. The van der Waals surface area contributed by atoms with Gasteiger partial charge >= 0.3 is 0 Å². The molecule has 0 saturated heterocycles. The monoisotopic (exact) mass is 294 g/mol. The SMILES string of the molecule is CC(O)(Cc1ccccc1)Cc1cc(Cl)ccc1Cl. The summed E-state index contributed by atoms with van der Waals surface area (Å²) in [5.74, 6) is 0. The van der Waals surface area contributed by atoms with Gasteiger partial charge in [0.15, 0.2) is 0 Å². The van der Waals surface area contributed by atoms with Crippen LogP contribution in [0.5, 0.6) is 0 Å². The van der Waals surface area contributed by atoms with Crippen molar-refractivity contribution < 1.29 is 5.11 Å². The third-order valence-corrected chi connectivity index (χ3v) is 3.61. The quantitative estimate of drug-likeness (QED) is 0.878. The maximum absolute atomic E-state index is 10.5. The lowest BCUT2D eigenvalue weighted by molar-refractivity contribution is 0.0608. The molecule has 2 rings (SSSR count). The number of benzene rings is 2. The van der Waals surface area contributed by atoms with Crippen LogP contribution in [0.15, 0.2) is 48.5 Å². The Bertz CT molecular complexity index is 550. The molecule has 1 atom stereocenters. The fraction of sp³-hybridized carbons (Fsp3) is 0.250. The van der Waals surface area contributed by atoms with E-state index in [-0.39, 0.29) is 0 Å². The van der Waals surface area contributed by atoms with E-state index in [1.165, 1.54) is 0 Å². The zero-order valence-corrected chi connectivity index (χ0v) is 12.2. The Balaban J connectivity index is 2.14. The Morgan fingerprint density at radius 3 is 2.37 bits per heavy atom. The Kier molecular flexibility index (Phi) is 4.51. The summed E-state index contributed by atoms with van der Waals surface area (Å²) in [6, 6.07) is 15.2. The van der Waals surface area contributed by atoms with Gasteiger partial charge in [-0.25, -0.2) is 0 Å². The van der Waals surface area contributed by atoms with Crippen LogP contribution in [0.4, 0.5) is 0 Å². The van der Waals surface area contributed by atoms with Crippen LogP contribution in [0, 0.1) is 0 Å². The second-order valence-corrected chi connectivity index (χ2v) is 5.92. The van der Waals surface area contributed by atoms with Gasteiger partial charge < -0.3 is 5.11 Å². The van der Waals surface area contributed by atoms with Crippen LogP contribution in [-0.4, -0.2) is 10.7 Å². The molecular weight excluding hydrogens is 279 g/mol. The lowest BCUT2D eigenvalue weighted by Gasteiger charge is -2.24. The number of aliphatic hydroxyl groups is 1. The highest BCUT2D eigenvalue weighted by Crippen LogP contribution is 2.26. The molecule has 1 unspecified atom stereocenters. The third kappa shape index (κ3) is 4.24. The van der Waals surface area contributed by atoms with Crippen LogP contribution in [0.3, 0.4) is 0 Å². The van der Waals surface area contributed by atoms with E-state index in [0.29, 0.717) is 22.9 Å². The molecule has 1 N–H and O–H groups in total. The Hall–Kier alpha value is -1.02. The van der Waals surface area contributed by atoms with Gasteiger partial charge in [-0.3, -0.25) is 0 Å². The van der Waals surface area contributed by atoms with Gasteiger partial charge in [-0.2, -0.15) is 0 Å². The summed E-state index contributed by atoms with van der Waals surface area (Å²) < 4.78 is 0. The molecule has 0 heterocycles. The van der Waals surface area contributed by atoms with E-state index >= 15 is 0 Å². The molecule has 0 aliphatic heterocycles. The summed E-state index contributed by atoms with van der Waals surface area (Å²) in [5.41, 5.74) is 1.12. The molecule has 1 nitrogen and oxygen atoms in total. The van der Waals surface area contributed by atoms with Crippen LogP contribution in [-0.2, 0) is 12.8 Å². The van der Waals surface area contributed by atoms with Crippen LogP contribution >= 0.6 is 23.2 Å². The molecular formula is C16H16Cl2O. The summed E-state index contributed by atoms with van der Waals surface area (Å²) in [6.45, 7) is 1.82. The molecule has 0 aliphatic carbocycles. The zero-order chi connectivity index (χ0) is 13.9. The molecule has 3 heteroatoms. The van der Waals surface area contributed by atoms with Crippen molar-refractivity contribution in [3.8, 4) is 0 Å². The fourth-order valence-electron chi connectivity index (χ4n) is 2.19. The highest BCUT2D eigenvalue weighted by atomic mass is 35.5. The van der Waals surface area contributed by atoms with E-state index in [9.17, 15) is 5.11 Å². The number of rotatable bonds is 4. The first-order chi connectivity index (χ1) is 8.96. The van der Waals surface area contributed by atoms with E-state index in [1.807, 2.05) is 43.3 Å². The molecule has 0 radical (unpaired) electrons. The van der Waals surface area contributed by atoms with E-state index in [1.54, 1.807) is 12.1 Å². The van der Waals surface area contributed by atoms with Gasteiger partial charge in [-0.05, 0) is 36.2 Å². The van der Waals surface area contributed by atoms with Gasteiger partial charge in [0.25, 0.3) is 0 Å². The first-order valence-corrected chi connectivity index (χ1v) is 6.92. The maximum atomic E-state index is 10.5. The average molecular weight is 295 g/mol. The first kappa shape index (κ1) is 14.4. The molecule has 0 saturated carbocycles. The van der Waals surface area contributed by atoms with E-state index in [0.717, 1.165) is 11.1 Å². The minimum absolute atomic E-state index is 0.473. The highest BCUT2D eigenvalue weighted by Gasteiger charge is 2.22. The Morgan fingerprint density at radius 1 is 1.00 bits per heavy atom. The van der Waals surface area contributed by atoms with Crippen molar-refractivity contribution in [1.29, 1.82) is 0 Å². The molecule has 0 bridgehead atoms. The van der Waals surface area contributed by atoms with E-state index in [2.05, 4.69) is 0 Å².